The minimum absolute atomic E-state index is 0.0293. The first-order valence-corrected chi connectivity index (χ1v) is 17.3. The molecule has 0 unspecified atom stereocenters. The van der Waals surface area contributed by atoms with Crippen LogP contribution in [0.1, 0.15) is 120 Å². The predicted molar refractivity (Wildman–Crippen MR) is 147 cm³/mol. The van der Waals surface area contributed by atoms with Gasteiger partial charge in [-0.2, -0.15) is 0 Å². The van der Waals surface area contributed by atoms with Crippen molar-refractivity contribution >= 4 is 8.32 Å². The maximum absolute atomic E-state index is 10.3. The average molecular weight is 491 g/mol. The van der Waals surface area contributed by atoms with Crippen LogP contribution in [-0.4, -0.2) is 26.1 Å². The molecule has 0 aromatic heterocycles. The highest BCUT2D eigenvalue weighted by atomic mass is 28.4. The Balaban J connectivity index is 1.47. The predicted octanol–water partition coefficient (Wildman–Crippen LogP) is 8.83. The van der Waals surface area contributed by atoms with Gasteiger partial charge in [0.2, 0.25) is 0 Å². The summed E-state index contributed by atoms with van der Waals surface area (Å²) in [4.78, 5) is 0. The highest BCUT2D eigenvalue weighted by Crippen LogP contribution is 2.68. The van der Waals surface area contributed by atoms with Crippen molar-refractivity contribution in [3.63, 3.8) is 0 Å². The summed E-state index contributed by atoms with van der Waals surface area (Å²) in [7, 11) is -1.79. The second-order valence-corrected chi connectivity index (χ2v) is 20.4. The molecule has 1 N–H and O–H groups in total. The average Bonchev–Trinajstić information content (AvgIpc) is 3.11. The summed E-state index contributed by atoms with van der Waals surface area (Å²) in [5.41, 5.74) is 3.03. The van der Waals surface area contributed by atoms with E-state index in [1.165, 1.54) is 44.9 Å². The van der Waals surface area contributed by atoms with E-state index in [2.05, 4.69) is 62.3 Å². The molecule has 3 heteroatoms. The van der Waals surface area contributed by atoms with Crippen LogP contribution in [0.2, 0.25) is 16.6 Å². The molecule has 0 aromatic carbocycles. The third kappa shape index (κ3) is 4.20. The normalized spacial score (nSPS) is 43.7. The first-order chi connectivity index (χ1) is 15.9. The molecule has 0 aromatic rings. The SMILES string of the molecule is CC(C)[Si-](OC[C@@H](C)[C@H]1CC[C@H]2[C@@H]3CC[C@H]4C[C@@H](O)CC[C@]4(C)[C@H]3CC[C@]12C)(C(C)C)C(C)C. The molecule has 4 fully saturated rings. The number of hydrogen-bond donors (Lipinski definition) is 1. The second kappa shape index (κ2) is 9.79. The Bertz CT molecular complexity index is 682. The van der Waals surface area contributed by atoms with Crippen LogP contribution in [-0.2, 0) is 4.43 Å². The van der Waals surface area contributed by atoms with E-state index in [1.807, 2.05) is 0 Å². The Labute approximate surface area is 213 Å². The summed E-state index contributed by atoms with van der Waals surface area (Å²) in [6.07, 6.45) is 11.9. The van der Waals surface area contributed by atoms with E-state index in [0.29, 0.717) is 33.4 Å². The van der Waals surface area contributed by atoms with Crippen LogP contribution in [0.3, 0.4) is 0 Å². The second-order valence-electron chi connectivity index (χ2n) is 14.9. The first-order valence-electron chi connectivity index (χ1n) is 15.2. The smallest absolute Gasteiger partial charge is 0.0543 e. The van der Waals surface area contributed by atoms with E-state index in [1.54, 1.807) is 0 Å². The number of fused-ring (bicyclic) bond motifs is 5. The number of aliphatic hydroxyl groups is 1. The van der Waals surface area contributed by atoms with Gasteiger partial charge in [-0.3, -0.25) is 0 Å². The molecule has 4 aliphatic carbocycles. The molecule has 9 atom stereocenters. The van der Waals surface area contributed by atoms with Crippen LogP contribution in [0.25, 0.3) is 0 Å². The van der Waals surface area contributed by atoms with E-state index in [-0.39, 0.29) is 6.10 Å². The quantitative estimate of drug-likeness (QED) is 0.361. The number of hydrogen-bond acceptors (Lipinski definition) is 2. The number of rotatable bonds is 7. The fraction of sp³-hybridized carbons (Fsp3) is 1.00. The van der Waals surface area contributed by atoms with Crippen LogP contribution in [0.4, 0.5) is 0 Å². The van der Waals surface area contributed by atoms with Crippen LogP contribution >= 0.6 is 0 Å². The molecule has 4 rings (SSSR count). The van der Waals surface area contributed by atoms with Crippen molar-refractivity contribution in [2.75, 3.05) is 6.61 Å². The topological polar surface area (TPSA) is 29.5 Å². The van der Waals surface area contributed by atoms with Crippen LogP contribution in [0, 0.1) is 46.3 Å². The van der Waals surface area contributed by atoms with Gasteiger partial charge >= 0.3 is 0 Å². The van der Waals surface area contributed by atoms with Gasteiger partial charge in [0.25, 0.3) is 0 Å². The van der Waals surface area contributed by atoms with Crippen molar-refractivity contribution < 1.29 is 9.53 Å². The van der Waals surface area contributed by atoms with Gasteiger partial charge in [-0.05, 0) is 112 Å². The minimum atomic E-state index is -1.79. The maximum Gasteiger partial charge on any atom is 0.0543 e. The molecule has 34 heavy (non-hydrogen) atoms. The summed E-state index contributed by atoms with van der Waals surface area (Å²) in [6, 6.07) is 0. The standard InChI is InChI=1S/C31H58O2Si/c1-20(2)34(21(3)4,22(5)6)33-19-23(7)27-12-13-28-26-11-10-24-18-25(32)14-16-30(24,8)29(26)15-17-31(27,28)9/h20-29,32H,10-19H2,1-9H3/q-1/t23-,24+,25+,26+,27-,28+,29+,30+,31-/m1/s1. The molecule has 0 heterocycles. The van der Waals surface area contributed by atoms with E-state index in [0.717, 1.165) is 49.0 Å². The Morgan fingerprint density at radius 3 is 1.97 bits per heavy atom. The van der Waals surface area contributed by atoms with Crippen LogP contribution in [0.15, 0.2) is 0 Å². The van der Waals surface area contributed by atoms with Crippen molar-refractivity contribution in [2.24, 2.45) is 46.3 Å². The highest BCUT2D eigenvalue weighted by molar-refractivity contribution is 6.77. The molecule has 0 saturated heterocycles. The lowest BCUT2D eigenvalue weighted by Gasteiger charge is -2.61. The molecule has 0 amide bonds. The Hall–Kier alpha value is 0.137. The van der Waals surface area contributed by atoms with Gasteiger partial charge in [-0.15, -0.1) is 16.6 Å². The Morgan fingerprint density at radius 2 is 1.35 bits per heavy atom. The fourth-order valence-electron chi connectivity index (χ4n) is 11.1. The van der Waals surface area contributed by atoms with E-state index in [9.17, 15) is 5.11 Å². The van der Waals surface area contributed by atoms with Gasteiger partial charge in [-0.1, -0.05) is 62.3 Å². The summed E-state index contributed by atoms with van der Waals surface area (Å²) < 4.78 is 7.13. The van der Waals surface area contributed by atoms with Crippen molar-refractivity contribution in [3.8, 4) is 0 Å². The number of aliphatic hydroxyl groups excluding tert-OH is 1. The molecule has 0 radical (unpaired) electrons. The molecule has 4 saturated carbocycles. The van der Waals surface area contributed by atoms with Crippen molar-refractivity contribution in [1.82, 2.24) is 0 Å². The Morgan fingerprint density at radius 1 is 0.765 bits per heavy atom. The fourth-order valence-corrected chi connectivity index (χ4v) is 16.7. The largest absolute Gasteiger partial charge is 0.564 e. The van der Waals surface area contributed by atoms with Crippen LogP contribution < -0.4 is 0 Å². The van der Waals surface area contributed by atoms with Crippen LogP contribution in [0.5, 0.6) is 0 Å². The maximum atomic E-state index is 10.3. The minimum Gasteiger partial charge on any atom is -0.564 e. The van der Waals surface area contributed by atoms with Crippen molar-refractivity contribution in [3.05, 3.63) is 0 Å². The van der Waals surface area contributed by atoms with Gasteiger partial charge < -0.3 is 9.53 Å². The highest BCUT2D eigenvalue weighted by Gasteiger charge is 2.60. The molecule has 4 aliphatic rings. The zero-order valence-corrected chi connectivity index (χ0v) is 25.2. The summed E-state index contributed by atoms with van der Waals surface area (Å²) in [5, 5.41) is 10.3. The van der Waals surface area contributed by atoms with Crippen molar-refractivity contribution in [1.29, 1.82) is 0 Å². The van der Waals surface area contributed by atoms with Gasteiger partial charge in [0, 0.05) is 6.61 Å². The summed E-state index contributed by atoms with van der Waals surface area (Å²) in [6.45, 7) is 23.4. The lowest BCUT2D eigenvalue weighted by Crippen LogP contribution is -2.54. The molecule has 0 bridgehead atoms. The first kappa shape index (κ1) is 27.2. The van der Waals surface area contributed by atoms with Gasteiger partial charge in [0.05, 0.1) is 6.10 Å². The third-order valence-electron chi connectivity index (χ3n) is 12.7. The molecule has 0 spiro atoms. The summed E-state index contributed by atoms with van der Waals surface area (Å²) >= 11 is 0. The zero-order valence-electron chi connectivity index (χ0n) is 24.2. The summed E-state index contributed by atoms with van der Waals surface area (Å²) in [5.74, 6) is 5.04. The van der Waals surface area contributed by atoms with Gasteiger partial charge in [-0.25, -0.2) is 0 Å². The van der Waals surface area contributed by atoms with E-state index in [4.69, 9.17) is 4.43 Å². The van der Waals surface area contributed by atoms with Gasteiger partial charge in [0.15, 0.2) is 0 Å². The third-order valence-corrected chi connectivity index (χ3v) is 18.8. The lowest BCUT2D eigenvalue weighted by molar-refractivity contribution is -0.129. The monoisotopic (exact) mass is 490 g/mol. The molecular formula is C31H58O2Si-. The van der Waals surface area contributed by atoms with Crippen molar-refractivity contribution in [2.45, 2.75) is 143 Å². The molecular weight excluding hydrogens is 432 g/mol. The lowest BCUT2D eigenvalue weighted by atomic mass is 9.44. The molecule has 199 valence electrons. The molecule has 0 aliphatic heterocycles. The Kier molecular flexibility index (Phi) is 7.82. The zero-order chi connectivity index (χ0) is 25.1. The van der Waals surface area contributed by atoms with E-state index >= 15 is 0 Å². The van der Waals surface area contributed by atoms with Gasteiger partial charge in [0.1, 0.15) is 0 Å². The van der Waals surface area contributed by atoms with E-state index < -0.39 is 8.32 Å². The molecule has 2 nitrogen and oxygen atoms in total.